The number of para-hydroxylation sites is 1. The number of nitrogens with zero attached hydrogens (tertiary/aromatic N) is 2. The first-order valence-corrected chi connectivity index (χ1v) is 9.85. The number of hydrogen-bond acceptors (Lipinski definition) is 4. The summed E-state index contributed by atoms with van der Waals surface area (Å²) in [5.41, 5.74) is 4.34. The number of methoxy groups -OCH3 is 2. The molecule has 0 saturated carbocycles. The molecule has 0 aliphatic carbocycles. The number of aryl methyl sites for hydroxylation is 1. The van der Waals surface area contributed by atoms with E-state index in [-0.39, 0.29) is 5.91 Å². The second-order valence-corrected chi connectivity index (χ2v) is 7.01. The zero-order valence-electron chi connectivity index (χ0n) is 17.6. The summed E-state index contributed by atoms with van der Waals surface area (Å²) >= 11 is 0. The van der Waals surface area contributed by atoms with E-state index in [0.29, 0.717) is 28.4 Å². The minimum absolute atomic E-state index is 0.253. The van der Waals surface area contributed by atoms with Crippen molar-refractivity contribution in [3.05, 3.63) is 90.1 Å². The number of ether oxygens (including phenoxy) is 2. The second-order valence-electron chi connectivity index (χ2n) is 7.01. The van der Waals surface area contributed by atoms with Gasteiger partial charge in [0.2, 0.25) is 0 Å². The first-order valence-electron chi connectivity index (χ1n) is 9.85. The van der Waals surface area contributed by atoms with Crippen molar-refractivity contribution in [2.75, 3.05) is 19.5 Å². The Morgan fingerprint density at radius 3 is 2.16 bits per heavy atom. The first kappa shape index (κ1) is 20.2. The van der Waals surface area contributed by atoms with E-state index in [1.165, 1.54) is 0 Å². The van der Waals surface area contributed by atoms with Gasteiger partial charge in [-0.2, -0.15) is 5.10 Å². The summed E-state index contributed by atoms with van der Waals surface area (Å²) in [5, 5.41) is 7.71. The summed E-state index contributed by atoms with van der Waals surface area (Å²) in [6.45, 7) is 1.91. The Morgan fingerprint density at radius 1 is 0.903 bits per heavy atom. The Bertz CT molecular complexity index is 1200. The van der Waals surface area contributed by atoms with Gasteiger partial charge in [0.15, 0.2) is 11.5 Å². The summed E-state index contributed by atoms with van der Waals surface area (Å²) in [6, 6.07) is 23.0. The Labute approximate surface area is 181 Å². The predicted molar refractivity (Wildman–Crippen MR) is 121 cm³/mol. The number of carbonyl (C=O) groups excluding carboxylic acids is 1. The van der Waals surface area contributed by atoms with Crippen molar-refractivity contribution >= 4 is 11.6 Å². The predicted octanol–water partition coefficient (Wildman–Crippen LogP) is 5.12. The SMILES string of the molecule is COc1cc(C)c(NC(=O)c2cn(-c3ccccc3)nc2-c2ccccc2)cc1OC. The molecule has 1 amide bonds. The third-order valence-corrected chi connectivity index (χ3v) is 5.01. The van der Waals surface area contributed by atoms with E-state index in [2.05, 4.69) is 5.32 Å². The quantitative estimate of drug-likeness (QED) is 0.477. The van der Waals surface area contributed by atoms with Crippen molar-refractivity contribution in [3.8, 4) is 28.4 Å². The lowest BCUT2D eigenvalue weighted by Gasteiger charge is -2.13. The number of rotatable bonds is 6. The highest BCUT2D eigenvalue weighted by atomic mass is 16.5. The molecule has 0 atom stereocenters. The van der Waals surface area contributed by atoms with Gasteiger partial charge in [0.1, 0.15) is 5.69 Å². The first-order chi connectivity index (χ1) is 15.1. The summed E-state index contributed by atoms with van der Waals surface area (Å²) in [6.07, 6.45) is 1.75. The molecular formula is C25H23N3O3. The van der Waals surface area contributed by atoms with E-state index in [1.807, 2.05) is 73.7 Å². The van der Waals surface area contributed by atoms with Gasteiger partial charge in [0.25, 0.3) is 5.91 Å². The van der Waals surface area contributed by atoms with Crippen LogP contribution in [0.4, 0.5) is 5.69 Å². The van der Waals surface area contributed by atoms with Crippen molar-refractivity contribution in [1.29, 1.82) is 0 Å². The van der Waals surface area contributed by atoms with Gasteiger partial charge in [-0.3, -0.25) is 4.79 Å². The van der Waals surface area contributed by atoms with Crippen LogP contribution in [0.2, 0.25) is 0 Å². The number of nitrogens with one attached hydrogen (secondary N) is 1. The van der Waals surface area contributed by atoms with Gasteiger partial charge in [-0.05, 0) is 30.7 Å². The zero-order chi connectivity index (χ0) is 21.8. The van der Waals surface area contributed by atoms with Crippen LogP contribution in [0.25, 0.3) is 16.9 Å². The minimum Gasteiger partial charge on any atom is -0.493 e. The van der Waals surface area contributed by atoms with Crippen LogP contribution in [0.15, 0.2) is 79.0 Å². The van der Waals surface area contributed by atoms with E-state index in [1.54, 1.807) is 31.2 Å². The Hall–Kier alpha value is -4.06. The monoisotopic (exact) mass is 413 g/mol. The molecule has 1 N–H and O–H groups in total. The van der Waals surface area contributed by atoms with Crippen LogP contribution in [0.1, 0.15) is 15.9 Å². The van der Waals surface area contributed by atoms with Gasteiger partial charge in [-0.1, -0.05) is 48.5 Å². The zero-order valence-corrected chi connectivity index (χ0v) is 17.6. The molecule has 1 aromatic heterocycles. The Balaban J connectivity index is 1.75. The molecule has 31 heavy (non-hydrogen) atoms. The van der Waals surface area contributed by atoms with Crippen molar-refractivity contribution in [3.63, 3.8) is 0 Å². The van der Waals surface area contributed by atoms with Gasteiger partial charge in [0.05, 0.1) is 25.5 Å². The molecule has 3 aromatic carbocycles. The highest BCUT2D eigenvalue weighted by molar-refractivity contribution is 6.08. The van der Waals surface area contributed by atoms with Crippen LogP contribution in [0, 0.1) is 6.92 Å². The Morgan fingerprint density at radius 2 is 1.52 bits per heavy atom. The summed E-state index contributed by atoms with van der Waals surface area (Å²) in [4.78, 5) is 13.3. The van der Waals surface area contributed by atoms with Crippen LogP contribution >= 0.6 is 0 Å². The molecule has 0 saturated heterocycles. The molecule has 0 unspecified atom stereocenters. The normalized spacial score (nSPS) is 10.5. The van der Waals surface area contributed by atoms with E-state index in [9.17, 15) is 4.79 Å². The van der Waals surface area contributed by atoms with Crippen molar-refractivity contribution in [1.82, 2.24) is 9.78 Å². The van der Waals surface area contributed by atoms with Crippen LogP contribution in [0.5, 0.6) is 11.5 Å². The molecule has 4 rings (SSSR count). The van der Waals surface area contributed by atoms with Crippen molar-refractivity contribution in [2.24, 2.45) is 0 Å². The average Bonchev–Trinajstić information content (AvgIpc) is 3.27. The molecule has 6 heteroatoms. The number of amides is 1. The molecule has 0 aliphatic rings. The molecule has 0 bridgehead atoms. The van der Waals surface area contributed by atoms with Crippen molar-refractivity contribution < 1.29 is 14.3 Å². The maximum absolute atomic E-state index is 13.3. The van der Waals surface area contributed by atoms with Gasteiger partial charge in [-0.25, -0.2) is 4.68 Å². The molecule has 6 nitrogen and oxygen atoms in total. The summed E-state index contributed by atoms with van der Waals surface area (Å²) in [5.74, 6) is 0.905. The summed E-state index contributed by atoms with van der Waals surface area (Å²) in [7, 11) is 3.15. The standard InChI is InChI=1S/C25H23N3O3/c1-17-14-22(30-2)23(31-3)15-21(17)26-25(29)20-16-28(19-12-8-5-9-13-19)27-24(20)18-10-6-4-7-11-18/h4-16H,1-3H3,(H,26,29). The van der Waals surface area contributed by atoms with Crippen molar-refractivity contribution in [2.45, 2.75) is 6.92 Å². The van der Waals surface area contributed by atoms with Crippen LogP contribution in [-0.4, -0.2) is 29.9 Å². The molecule has 4 aromatic rings. The van der Waals surface area contributed by atoms with Crippen LogP contribution in [-0.2, 0) is 0 Å². The number of carbonyl (C=O) groups is 1. The third-order valence-electron chi connectivity index (χ3n) is 5.01. The lowest BCUT2D eigenvalue weighted by atomic mass is 10.1. The number of benzene rings is 3. The molecule has 0 spiro atoms. The topological polar surface area (TPSA) is 65.4 Å². The average molecular weight is 413 g/mol. The van der Waals surface area contributed by atoms with Crippen LogP contribution < -0.4 is 14.8 Å². The fourth-order valence-electron chi connectivity index (χ4n) is 3.37. The van der Waals surface area contributed by atoms with Gasteiger partial charge in [-0.15, -0.1) is 0 Å². The maximum Gasteiger partial charge on any atom is 0.259 e. The van der Waals surface area contributed by atoms with Gasteiger partial charge in [0, 0.05) is 23.5 Å². The highest BCUT2D eigenvalue weighted by Gasteiger charge is 2.20. The molecule has 1 heterocycles. The number of anilines is 1. The molecule has 0 radical (unpaired) electrons. The van der Waals surface area contributed by atoms with E-state index < -0.39 is 0 Å². The minimum atomic E-state index is -0.253. The maximum atomic E-state index is 13.3. The molecular weight excluding hydrogens is 390 g/mol. The molecule has 0 aliphatic heterocycles. The number of aromatic nitrogens is 2. The lowest BCUT2D eigenvalue weighted by Crippen LogP contribution is -2.13. The fourth-order valence-corrected chi connectivity index (χ4v) is 3.37. The van der Waals surface area contributed by atoms with Gasteiger partial charge < -0.3 is 14.8 Å². The lowest BCUT2D eigenvalue weighted by molar-refractivity contribution is 0.102. The Kier molecular flexibility index (Phi) is 5.71. The van der Waals surface area contributed by atoms with E-state index in [0.717, 1.165) is 16.8 Å². The third kappa shape index (κ3) is 4.14. The van der Waals surface area contributed by atoms with Crippen LogP contribution in [0.3, 0.4) is 0 Å². The molecule has 0 fully saturated rings. The highest BCUT2D eigenvalue weighted by Crippen LogP contribution is 2.33. The number of hydrogen-bond donors (Lipinski definition) is 1. The van der Waals surface area contributed by atoms with Gasteiger partial charge >= 0.3 is 0 Å². The summed E-state index contributed by atoms with van der Waals surface area (Å²) < 4.78 is 12.4. The smallest absolute Gasteiger partial charge is 0.259 e. The molecule has 156 valence electrons. The fraction of sp³-hybridized carbons (Fsp3) is 0.120. The van der Waals surface area contributed by atoms with E-state index in [4.69, 9.17) is 14.6 Å². The van der Waals surface area contributed by atoms with E-state index >= 15 is 0 Å². The second kappa shape index (κ2) is 8.75. The largest absolute Gasteiger partial charge is 0.493 e.